The second-order valence-corrected chi connectivity index (χ2v) is 8.32. The van der Waals surface area contributed by atoms with Crippen molar-refractivity contribution < 1.29 is 9.69 Å². The lowest BCUT2D eigenvalue weighted by Crippen LogP contribution is -3.11. The van der Waals surface area contributed by atoms with Gasteiger partial charge in [0.05, 0.1) is 12.2 Å². The molecule has 2 aromatic rings. The molecular formula is C23H33N4O+. The molecule has 2 aliphatic rings. The van der Waals surface area contributed by atoms with Crippen molar-refractivity contribution in [3.8, 4) is 0 Å². The van der Waals surface area contributed by atoms with Crippen LogP contribution in [-0.2, 0) is 11.8 Å². The van der Waals surface area contributed by atoms with Crippen LogP contribution in [0.15, 0.2) is 42.6 Å². The number of hydrogen-bond donors (Lipinski definition) is 2. The first-order valence-corrected chi connectivity index (χ1v) is 10.8. The van der Waals surface area contributed by atoms with Gasteiger partial charge in [-0.15, -0.1) is 0 Å². The van der Waals surface area contributed by atoms with Gasteiger partial charge in [-0.25, -0.2) is 0 Å². The Hall–Kier alpha value is -2.27. The molecule has 28 heavy (non-hydrogen) atoms. The van der Waals surface area contributed by atoms with Gasteiger partial charge in [-0.05, 0) is 49.2 Å². The average Bonchev–Trinajstić information content (AvgIpc) is 3.22. The van der Waals surface area contributed by atoms with E-state index in [2.05, 4.69) is 52.3 Å². The van der Waals surface area contributed by atoms with Crippen LogP contribution in [0, 0.1) is 0 Å². The molecule has 0 aliphatic carbocycles. The molecule has 0 bridgehead atoms. The number of rotatable bonds is 5. The third kappa shape index (κ3) is 4.41. The lowest BCUT2D eigenvalue weighted by Gasteiger charge is -2.23. The normalized spacial score (nSPS) is 22.8. The van der Waals surface area contributed by atoms with E-state index in [-0.39, 0.29) is 5.91 Å². The number of benzene rings is 1. The van der Waals surface area contributed by atoms with Crippen LogP contribution in [-0.4, -0.2) is 36.7 Å². The van der Waals surface area contributed by atoms with Gasteiger partial charge in [0, 0.05) is 50.6 Å². The summed E-state index contributed by atoms with van der Waals surface area (Å²) in [6.45, 7) is 3.88. The molecule has 4 rings (SSSR count). The van der Waals surface area contributed by atoms with Crippen LogP contribution in [0.2, 0.25) is 0 Å². The van der Waals surface area contributed by atoms with E-state index in [1.165, 1.54) is 48.4 Å². The number of nitrogens with one attached hydrogen (secondary N) is 2. The summed E-state index contributed by atoms with van der Waals surface area (Å²) in [6, 6.07) is 13.1. The molecule has 3 heterocycles. The first-order chi connectivity index (χ1) is 13.7. The molecule has 2 saturated heterocycles. The van der Waals surface area contributed by atoms with Gasteiger partial charge >= 0.3 is 0 Å². The number of quaternary nitrogens is 1. The van der Waals surface area contributed by atoms with E-state index in [1.807, 2.05) is 12.1 Å². The van der Waals surface area contributed by atoms with Crippen molar-refractivity contribution in [3.63, 3.8) is 0 Å². The first-order valence-electron chi connectivity index (χ1n) is 10.8. The summed E-state index contributed by atoms with van der Waals surface area (Å²) in [5.74, 6) is 0.110. The van der Waals surface area contributed by atoms with Crippen molar-refractivity contribution in [1.82, 2.24) is 4.57 Å². The van der Waals surface area contributed by atoms with Gasteiger partial charge in [0.1, 0.15) is 6.04 Å². The number of aromatic nitrogens is 1. The molecule has 1 amide bonds. The van der Waals surface area contributed by atoms with Gasteiger partial charge in [-0.2, -0.15) is 0 Å². The zero-order valence-electron chi connectivity index (χ0n) is 17.0. The van der Waals surface area contributed by atoms with Gasteiger partial charge in [-0.3, -0.25) is 4.79 Å². The topological polar surface area (TPSA) is 41.7 Å². The number of nitrogens with zero attached hydrogens (tertiary/aromatic N) is 2. The number of carbonyl (C=O) groups is 1. The standard InChI is InChI=1S/C23H32N4O/c1-25-14-6-8-21(25)22-9-7-17-27(22)18-23(28)24-19-10-12-20(13-11-19)26-15-4-2-3-5-16-26/h6,8,10-14,22H,2-5,7,9,15-18H2,1H3,(H,24,28)/p+1/t22-/m1/s1. The number of amides is 1. The SMILES string of the molecule is Cn1cccc1[C@H]1CCC[NH+]1CC(=O)Nc1ccc(N2CCCCCC2)cc1. The predicted octanol–water partition coefficient (Wildman–Crippen LogP) is 2.76. The molecule has 5 heteroatoms. The van der Waals surface area contributed by atoms with Crippen LogP contribution in [0.5, 0.6) is 0 Å². The summed E-state index contributed by atoms with van der Waals surface area (Å²) >= 11 is 0. The molecule has 2 N–H and O–H groups in total. The summed E-state index contributed by atoms with van der Waals surface area (Å²) < 4.78 is 2.19. The maximum absolute atomic E-state index is 12.7. The number of likely N-dealkylation sites (tertiary alicyclic amines) is 1. The average molecular weight is 382 g/mol. The second-order valence-electron chi connectivity index (χ2n) is 8.32. The molecule has 1 unspecified atom stereocenters. The van der Waals surface area contributed by atoms with Crippen LogP contribution in [0.1, 0.15) is 50.3 Å². The van der Waals surface area contributed by atoms with Crippen molar-refractivity contribution in [2.75, 3.05) is 36.4 Å². The van der Waals surface area contributed by atoms with Gasteiger partial charge in [0.15, 0.2) is 6.54 Å². The number of aryl methyl sites for hydroxylation is 1. The van der Waals surface area contributed by atoms with E-state index in [0.717, 1.165) is 31.7 Å². The maximum Gasteiger partial charge on any atom is 0.279 e. The van der Waals surface area contributed by atoms with E-state index in [9.17, 15) is 4.79 Å². The van der Waals surface area contributed by atoms with Crippen LogP contribution >= 0.6 is 0 Å². The number of carbonyl (C=O) groups excluding carboxylic acids is 1. The van der Waals surface area contributed by atoms with Crippen molar-refractivity contribution >= 4 is 17.3 Å². The molecule has 0 radical (unpaired) electrons. The minimum Gasteiger partial charge on any atom is -0.372 e. The summed E-state index contributed by atoms with van der Waals surface area (Å²) in [6.07, 6.45) is 9.67. The Morgan fingerprint density at radius 2 is 1.82 bits per heavy atom. The molecule has 0 saturated carbocycles. The zero-order valence-corrected chi connectivity index (χ0v) is 17.0. The Balaban J connectivity index is 1.34. The van der Waals surface area contributed by atoms with E-state index >= 15 is 0 Å². The summed E-state index contributed by atoms with van der Waals surface area (Å²) in [7, 11) is 2.09. The van der Waals surface area contributed by atoms with Crippen molar-refractivity contribution in [2.45, 2.75) is 44.6 Å². The van der Waals surface area contributed by atoms with Crippen LogP contribution in [0.3, 0.4) is 0 Å². The highest BCUT2D eigenvalue weighted by atomic mass is 16.2. The molecule has 2 aliphatic heterocycles. The highest BCUT2D eigenvalue weighted by Crippen LogP contribution is 2.22. The molecule has 150 valence electrons. The fourth-order valence-electron chi connectivity index (χ4n) is 4.81. The number of anilines is 2. The monoisotopic (exact) mass is 381 g/mol. The Morgan fingerprint density at radius 3 is 2.50 bits per heavy atom. The maximum atomic E-state index is 12.7. The number of hydrogen-bond acceptors (Lipinski definition) is 2. The third-order valence-electron chi connectivity index (χ3n) is 6.33. The lowest BCUT2D eigenvalue weighted by atomic mass is 10.1. The van der Waals surface area contributed by atoms with Crippen LogP contribution in [0.25, 0.3) is 0 Å². The van der Waals surface area contributed by atoms with Gasteiger partial charge in [-0.1, -0.05) is 12.8 Å². The van der Waals surface area contributed by atoms with Crippen molar-refractivity contribution in [1.29, 1.82) is 0 Å². The van der Waals surface area contributed by atoms with Gasteiger partial charge in [0.25, 0.3) is 5.91 Å². The second kappa shape index (κ2) is 8.82. The predicted molar refractivity (Wildman–Crippen MR) is 114 cm³/mol. The van der Waals surface area contributed by atoms with E-state index in [4.69, 9.17) is 0 Å². The zero-order chi connectivity index (χ0) is 19.3. The fraction of sp³-hybridized carbons (Fsp3) is 0.522. The van der Waals surface area contributed by atoms with E-state index in [1.54, 1.807) is 0 Å². The summed E-state index contributed by atoms with van der Waals surface area (Å²) in [5.41, 5.74) is 3.51. The Labute approximate surface area is 168 Å². The van der Waals surface area contributed by atoms with Gasteiger partial charge in [0.2, 0.25) is 0 Å². The third-order valence-corrected chi connectivity index (χ3v) is 6.33. The Kier molecular flexibility index (Phi) is 6.01. The molecular weight excluding hydrogens is 348 g/mol. The first kappa shape index (κ1) is 19.1. The largest absolute Gasteiger partial charge is 0.372 e. The highest BCUT2D eigenvalue weighted by Gasteiger charge is 2.32. The molecule has 0 spiro atoms. The van der Waals surface area contributed by atoms with E-state index in [0.29, 0.717) is 12.6 Å². The fourth-order valence-corrected chi connectivity index (χ4v) is 4.81. The molecule has 1 aromatic carbocycles. The molecule has 5 nitrogen and oxygen atoms in total. The van der Waals surface area contributed by atoms with Crippen LogP contribution < -0.4 is 15.1 Å². The van der Waals surface area contributed by atoms with Crippen LogP contribution in [0.4, 0.5) is 11.4 Å². The molecule has 2 fully saturated rings. The molecule has 1 aromatic heterocycles. The quantitative estimate of drug-likeness (QED) is 0.836. The Bertz CT molecular complexity index is 774. The Morgan fingerprint density at radius 1 is 1.07 bits per heavy atom. The molecule has 2 atom stereocenters. The highest BCUT2D eigenvalue weighted by molar-refractivity contribution is 5.91. The minimum atomic E-state index is 0.110. The van der Waals surface area contributed by atoms with Crippen molar-refractivity contribution in [2.24, 2.45) is 7.05 Å². The smallest absolute Gasteiger partial charge is 0.279 e. The van der Waals surface area contributed by atoms with Gasteiger partial charge < -0.3 is 19.7 Å². The van der Waals surface area contributed by atoms with Crippen molar-refractivity contribution in [3.05, 3.63) is 48.3 Å². The summed E-state index contributed by atoms with van der Waals surface area (Å²) in [5, 5.41) is 3.11. The van der Waals surface area contributed by atoms with E-state index < -0.39 is 0 Å². The summed E-state index contributed by atoms with van der Waals surface area (Å²) in [4.78, 5) is 16.5. The minimum absolute atomic E-state index is 0.110. The lowest BCUT2D eigenvalue weighted by molar-refractivity contribution is -0.910.